The average Bonchev–Trinajstić information content (AvgIpc) is 2.92. The minimum absolute atomic E-state index is 0.0451. The van der Waals surface area contributed by atoms with Gasteiger partial charge in [-0.1, -0.05) is 0 Å². The smallest absolute Gasteiger partial charge is 0.318 e. The highest BCUT2D eigenvalue weighted by Gasteiger charge is 2.22. The van der Waals surface area contributed by atoms with Crippen molar-refractivity contribution >= 4 is 47.6 Å². The molecule has 1 saturated heterocycles. The van der Waals surface area contributed by atoms with Crippen molar-refractivity contribution in [1.82, 2.24) is 40.0 Å². The number of nitrogens with zero attached hydrogens (tertiary/aromatic N) is 6. The molecule has 0 unspecified atom stereocenters. The number of amides is 6. The average molecular weight is 660 g/mol. The molecule has 1 aliphatic rings. The van der Waals surface area contributed by atoms with E-state index in [2.05, 4.69) is 5.32 Å². The van der Waals surface area contributed by atoms with Crippen molar-refractivity contribution in [2.24, 2.45) is 5.73 Å². The van der Waals surface area contributed by atoms with E-state index in [1.54, 1.807) is 19.6 Å². The van der Waals surface area contributed by atoms with Crippen LogP contribution in [0.25, 0.3) is 0 Å². The number of hydrogen-bond donors (Lipinski definition) is 6. The normalized spacial score (nSPS) is 15.9. The maximum atomic E-state index is 12.8. The number of primary amides is 1. The summed E-state index contributed by atoms with van der Waals surface area (Å²) >= 11 is 0. The van der Waals surface area contributed by atoms with Crippen molar-refractivity contribution in [1.29, 1.82) is 0 Å². The Morgan fingerprint density at radius 3 is 1.33 bits per heavy atom. The topological polar surface area (TPSA) is 267 Å². The molecule has 260 valence electrons. The van der Waals surface area contributed by atoms with Gasteiger partial charge in [-0.3, -0.25) is 58.5 Å². The maximum Gasteiger partial charge on any atom is 0.318 e. The van der Waals surface area contributed by atoms with Crippen LogP contribution in [0.3, 0.4) is 0 Å². The van der Waals surface area contributed by atoms with Crippen molar-refractivity contribution in [2.75, 3.05) is 112 Å². The minimum atomic E-state index is -1.06. The molecule has 1 rings (SSSR count). The molecule has 0 aromatic heterocycles. The van der Waals surface area contributed by atoms with Gasteiger partial charge in [0.25, 0.3) is 0 Å². The Morgan fingerprint density at radius 1 is 0.587 bits per heavy atom. The second-order valence-electron chi connectivity index (χ2n) is 10.8. The van der Waals surface area contributed by atoms with Crippen LogP contribution >= 0.6 is 0 Å². The van der Waals surface area contributed by atoms with E-state index in [1.807, 2.05) is 5.32 Å². The Bertz CT molecular complexity index is 1080. The number of nitrogens with two attached hydrogens (primary N) is 1. The Hall–Kier alpha value is -4.40. The predicted octanol–water partition coefficient (Wildman–Crippen LogP) is -4.92. The van der Waals surface area contributed by atoms with Crippen LogP contribution in [0.1, 0.15) is 6.42 Å². The second-order valence-corrected chi connectivity index (χ2v) is 10.8. The van der Waals surface area contributed by atoms with Crippen LogP contribution in [-0.2, 0) is 33.6 Å². The number of imide groups is 1. The van der Waals surface area contributed by atoms with Crippen molar-refractivity contribution in [3.05, 3.63) is 0 Å². The Kier molecular flexibility index (Phi) is 17.7. The maximum absolute atomic E-state index is 12.8. The first-order valence-corrected chi connectivity index (χ1v) is 14.4. The van der Waals surface area contributed by atoms with E-state index in [4.69, 9.17) is 5.73 Å². The van der Waals surface area contributed by atoms with E-state index in [9.17, 15) is 53.7 Å². The van der Waals surface area contributed by atoms with Gasteiger partial charge in [0.1, 0.15) is 0 Å². The fourth-order valence-electron chi connectivity index (χ4n) is 4.44. The summed E-state index contributed by atoms with van der Waals surface area (Å²) in [6.07, 6.45) is -0.132. The lowest BCUT2D eigenvalue weighted by molar-refractivity contribution is -0.140. The van der Waals surface area contributed by atoms with Crippen LogP contribution in [0, 0.1) is 0 Å². The predicted molar refractivity (Wildman–Crippen MR) is 159 cm³/mol. The molecule has 6 amide bonds. The second kappa shape index (κ2) is 20.6. The lowest BCUT2D eigenvalue weighted by Crippen LogP contribution is -2.50. The van der Waals surface area contributed by atoms with Gasteiger partial charge in [-0.2, -0.15) is 0 Å². The van der Waals surface area contributed by atoms with Gasteiger partial charge in [0.2, 0.25) is 23.6 Å². The van der Waals surface area contributed by atoms with E-state index >= 15 is 0 Å². The molecule has 20 heteroatoms. The summed E-state index contributed by atoms with van der Waals surface area (Å²) in [6.45, 7) is 0.167. The highest BCUT2D eigenvalue weighted by molar-refractivity contribution is 5.96. The van der Waals surface area contributed by atoms with Gasteiger partial charge in [0, 0.05) is 79.4 Å². The first-order valence-electron chi connectivity index (χ1n) is 14.4. The molecule has 1 fully saturated rings. The van der Waals surface area contributed by atoms with Gasteiger partial charge in [-0.05, 0) is 0 Å². The van der Waals surface area contributed by atoms with Crippen molar-refractivity contribution in [2.45, 2.75) is 6.42 Å². The summed E-state index contributed by atoms with van der Waals surface area (Å²) < 4.78 is 0. The van der Waals surface area contributed by atoms with Gasteiger partial charge in [0.05, 0.1) is 39.3 Å². The molecule has 0 saturated carbocycles. The van der Waals surface area contributed by atoms with Crippen molar-refractivity contribution < 1.29 is 53.7 Å². The molecular formula is C26H45N9O11. The number of urea groups is 1. The fraction of sp³-hybridized carbons (Fsp3) is 0.692. The standard InChI is InChI=1S/C26H45N9O11/c1-30(13-20(37)29-26(27)46)22(39)15-31(2)21(38)3-4-28-19(36)14-32-5-7-33(16-23(40)41)9-11-35(18-25(44)45)12-10-34(8-6-32)17-24(42)43/h3-18H2,1-2H3,(H,28,36)(H,40,41)(H,42,43)(H,44,45)(H3,27,29,37,46). The number of carboxylic acids is 3. The zero-order valence-electron chi connectivity index (χ0n) is 26.2. The Labute approximate surface area is 266 Å². The number of carboxylic acid groups (broad SMARTS) is 3. The van der Waals surface area contributed by atoms with Gasteiger partial charge in [0.15, 0.2) is 0 Å². The highest BCUT2D eigenvalue weighted by atomic mass is 16.4. The van der Waals surface area contributed by atoms with Crippen LogP contribution in [0.5, 0.6) is 0 Å². The number of nitrogens with one attached hydrogen (secondary N) is 2. The van der Waals surface area contributed by atoms with Crippen molar-refractivity contribution in [3.8, 4) is 0 Å². The van der Waals surface area contributed by atoms with E-state index in [1.165, 1.54) is 14.1 Å². The zero-order chi connectivity index (χ0) is 34.8. The van der Waals surface area contributed by atoms with Crippen LogP contribution in [0.15, 0.2) is 0 Å². The molecular weight excluding hydrogens is 614 g/mol. The molecule has 7 N–H and O–H groups in total. The monoisotopic (exact) mass is 659 g/mol. The van der Waals surface area contributed by atoms with E-state index in [0.29, 0.717) is 0 Å². The Morgan fingerprint density at radius 2 is 0.957 bits per heavy atom. The molecule has 46 heavy (non-hydrogen) atoms. The number of aliphatic carboxylic acids is 3. The van der Waals surface area contributed by atoms with E-state index < -0.39 is 54.1 Å². The lowest BCUT2D eigenvalue weighted by Gasteiger charge is -2.32. The summed E-state index contributed by atoms with van der Waals surface area (Å²) in [5.74, 6) is -5.43. The fourth-order valence-corrected chi connectivity index (χ4v) is 4.44. The number of rotatable bonds is 15. The number of carbonyl (C=O) groups excluding carboxylic acids is 5. The molecule has 0 aromatic carbocycles. The zero-order valence-corrected chi connectivity index (χ0v) is 26.2. The van der Waals surface area contributed by atoms with E-state index in [0.717, 1.165) is 9.80 Å². The highest BCUT2D eigenvalue weighted by Crippen LogP contribution is 2.02. The third-order valence-electron chi connectivity index (χ3n) is 6.90. The molecule has 0 radical (unpaired) electrons. The number of likely N-dealkylation sites (N-methyl/N-ethyl adjacent to an activating group) is 2. The largest absolute Gasteiger partial charge is 0.480 e. The van der Waals surface area contributed by atoms with Gasteiger partial charge in [-0.15, -0.1) is 0 Å². The van der Waals surface area contributed by atoms with Gasteiger partial charge >= 0.3 is 23.9 Å². The van der Waals surface area contributed by atoms with Crippen LogP contribution in [0.2, 0.25) is 0 Å². The molecule has 0 atom stereocenters. The minimum Gasteiger partial charge on any atom is -0.480 e. The third kappa shape index (κ3) is 17.8. The lowest BCUT2D eigenvalue weighted by atomic mass is 10.3. The summed E-state index contributed by atoms with van der Waals surface area (Å²) in [5, 5.41) is 32.4. The van der Waals surface area contributed by atoms with E-state index in [-0.39, 0.29) is 98.0 Å². The molecule has 0 spiro atoms. The van der Waals surface area contributed by atoms with Crippen LogP contribution in [0.4, 0.5) is 4.79 Å². The SMILES string of the molecule is CN(CC(=O)NC(N)=O)C(=O)CN(C)C(=O)CCNC(=O)CN1CCN(CC(=O)O)CCN(CC(=O)O)CCN(CC(=O)O)CC1. The molecule has 0 aromatic rings. The summed E-state index contributed by atoms with van der Waals surface area (Å²) in [4.78, 5) is 103. The number of carbonyl (C=O) groups is 8. The first kappa shape index (κ1) is 39.6. The van der Waals surface area contributed by atoms with Gasteiger partial charge < -0.3 is 36.2 Å². The summed E-state index contributed by atoms with van der Waals surface area (Å²) in [5.41, 5.74) is 4.86. The summed E-state index contributed by atoms with van der Waals surface area (Å²) in [6, 6.07) is -1.06. The van der Waals surface area contributed by atoms with Crippen LogP contribution < -0.4 is 16.4 Å². The molecule has 0 aliphatic carbocycles. The van der Waals surface area contributed by atoms with Gasteiger partial charge in [-0.25, -0.2) is 4.79 Å². The summed E-state index contributed by atoms with van der Waals surface area (Å²) in [7, 11) is 2.69. The number of hydrogen-bond acceptors (Lipinski definition) is 12. The molecule has 20 nitrogen and oxygen atoms in total. The molecule has 1 heterocycles. The third-order valence-corrected chi connectivity index (χ3v) is 6.90. The van der Waals surface area contributed by atoms with Crippen LogP contribution in [-0.4, -0.2) is 205 Å². The molecule has 1 aliphatic heterocycles. The van der Waals surface area contributed by atoms with Crippen molar-refractivity contribution in [3.63, 3.8) is 0 Å². The quantitative estimate of drug-likeness (QED) is 0.0962. The Balaban J connectivity index is 2.74. The molecule has 0 bridgehead atoms. The first-order chi connectivity index (χ1) is 21.5.